The molecule has 7 heteroatoms. The Morgan fingerprint density at radius 2 is 1.93 bits per heavy atom. The first-order valence-corrected chi connectivity index (χ1v) is 10.3. The molecule has 1 aliphatic rings. The lowest BCUT2D eigenvalue weighted by atomic mass is 9.97. The van der Waals surface area contributed by atoms with Crippen LogP contribution >= 0.6 is 0 Å². The fourth-order valence-electron chi connectivity index (χ4n) is 3.66. The summed E-state index contributed by atoms with van der Waals surface area (Å²) in [6.45, 7) is 10.1. The van der Waals surface area contributed by atoms with Crippen molar-refractivity contribution in [2.45, 2.75) is 20.8 Å². The highest BCUT2D eigenvalue weighted by atomic mass is 19.1. The Hall–Kier alpha value is -3.09. The van der Waals surface area contributed by atoms with E-state index < -0.39 is 0 Å². The van der Waals surface area contributed by atoms with Gasteiger partial charge in [0.05, 0.1) is 5.69 Å². The van der Waals surface area contributed by atoms with Gasteiger partial charge in [0.25, 0.3) is 5.91 Å². The SMILES string of the molecule is CC(C)(C)CNc1cccnc1N1CCN(C(=O)c2cc3cc(F)ccc3[nH]2)CC1. The van der Waals surface area contributed by atoms with E-state index in [0.717, 1.165) is 23.6 Å². The predicted octanol–water partition coefficient (Wildman–Crippen LogP) is 4.12. The average Bonchev–Trinajstić information content (AvgIpc) is 3.15. The second kappa shape index (κ2) is 7.97. The number of piperazine rings is 1. The highest BCUT2D eigenvalue weighted by molar-refractivity contribution is 5.98. The van der Waals surface area contributed by atoms with Gasteiger partial charge in [-0.2, -0.15) is 0 Å². The van der Waals surface area contributed by atoms with Crippen LogP contribution in [0.5, 0.6) is 0 Å². The second-order valence-electron chi connectivity index (χ2n) is 8.98. The van der Waals surface area contributed by atoms with Crippen molar-refractivity contribution in [1.82, 2.24) is 14.9 Å². The van der Waals surface area contributed by atoms with E-state index in [1.807, 2.05) is 11.0 Å². The van der Waals surface area contributed by atoms with Crippen molar-refractivity contribution < 1.29 is 9.18 Å². The maximum absolute atomic E-state index is 13.4. The highest BCUT2D eigenvalue weighted by Gasteiger charge is 2.25. The predicted molar refractivity (Wildman–Crippen MR) is 119 cm³/mol. The molecular formula is C23H28FN5O. The molecule has 0 aliphatic carbocycles. The number of nitrogens with zero attached hydrogens (tertiary/aromatic N) is 3. The molecule has 1 aliphatic heterocycles. The van der Waals surface area contributed by atoms with E-state index in [9.17, 15) is 9.18 Å². The Kier molecular flexibility index (Phi) is 5.37. The zero-order valence-electron chi connectivity index (χ0n) is 17.7. The molecule has 1 fully saturated rings. The van der Waals surface area contributed by atoms with Crippen LogP contribution in [0.1, 0.15) is 31.3 Å². The van der Waals surface area contributed by atoms with E-state index >= 15 is 0 Å². The summed E-state index contributed by atoms with van der Waals surface area (Å²) in [7, 11) is 0. The molecule has 1 amide bonds. The number of pyridine rings is 1. The van der Waals surface area contributed by atoms with E-state index in [2.05, 4.69) is 47.0 Å². The minimum absolute atomic E-state index is 0.0571. The molecule has 1 saturated heterocycles. The Labute approximate surface area is 176 Å². The van der Waals surface area contributed by atoms with Gasteiger partial charge in [-0.15, -0.1) is 0 Å². The van der Waals surface area contributed by atoms with Gasteiger partial charge in [0.15, 0.2) is 5.82 Å². The summed E-state index contributed by atoms with van der Waals surface area (Å²) in [6, 6.07) is 10.2. The molecule has 4 rings (SSSR count). The van der Waals surface area contributed by atoms with Crippen molar-refractivity contribution >= 4 is 28.3 Å². The van der Waals surface area contributed by atoms with Gasteiger partial charge in [-0.25, -0.2) is 9.37 Å². The number of halogens is 1. The van der Waals surface area contributed by atoms with Crippen molar-refractivity contribution in [1.29, 1.82) is 0 Å². The average molecular weight is 410 g/mol. The monoisotopic (exact) mass is 409 g/mol. The molecule has 6 nitrogen and oxygen atoms in total. The Balaban J connectivity index is 1.43. The summed E-state index contributed by atoms with van der Waals surface area (Å²) < 4.78 is 13.4. The van der Waals surface area contributed by atoms with Crippen LogP contribution in [-0.2, 0) is 0 Å². The third-order valence-electron chi connectivity index (χ3n) is 5.28. The van der Waals surface area contributed by atoms with Gasteiger partial charge in [0.1, 0.15) is 11.5 Å². The van der Waals surface area contributed by atoms with Crippen molar-refractivity contribution in [2.24, 2.45) is 5.41 Å². The number of nitrogens with one attached hydrogen (secondary N) is 2. The van der Waals surface area contributed by atoms with Crippen LogP contribution in [0.4, 0.5) is 15.9 Å². The summed E-state index contributed by atoms with van der Waals surface area (Å²) in [5.41, 5.74) is 2.45. The summed E-state index contributed by atoms with van der Waals surface area (Å²) in [5, 5.41) is 4.22. The Bertz CT molecular complexity index is 1050. The summed E-state index contributed by atoms with van der Waals surface area (Å²) >= 11 is 0. The number of carbonyl (C=O) groups is 1. The molecule has 0 radical (unpaired) electrons. The lowest BCUT2D eigenvalue weighted by Crippen LogP contribution is -2.49. The summed E-state index contributed by atoms with van der Waals surface area (Å²) in [4.78, 5) is 24.7. The van der Waals surface area contributed by atoms with E-state index in [1.54, 1.807) is 18.3 Å². The van der Waals surface area contributed by atoms with Crippen LogP contribution in [0.2, 0.25) is 0 Å². The van der Waals surface area contributed by atoms with Crippen LogP contribution in [-0.4, -0.2) is 53.5 Å². The van der Waals surface area contributed by atoms with Gasteiger partial charge in [-0.3, -0.25) is 4.79 Å². The standard InChI is InChI=1S/C23H28FN5O/c1-23(2,3)15-26-19-5-4-8-25-21(19)28-9-11-29(12-10-28)22(30)20-14-16-13-17(24)6-7-18(16)27-20/h4-8,13-14,26-27H,9-12,15H2,1-3H3. The Morgan fingerprint density at radius 3 is 2.67 bits per heavy atom. The molecule has 0 bridgehead atoms. The van der Waals surface area contributed by atoms with Gasteiger partial charge in [0, 0.05) is 49.8 Å². The van der Waals surface area contributed by atoms with Crippen LogP contribution in [0, 0.1) is 11.2 Å². The number of anilines is 2. The zero-order valence-corrected chi connectivity index (χ0v) is 17.7. The number of amides is 1. The third-order valence-corrected chi connectivity index (χ3v) is 5.28. The van der Waals surface area contributed by atoms with Crippen molar-refractivity contribution in [2.75, 3.05) is 42.9 Å². The molecule has 2 N–H and O–H groups in total. The zero-order chi connectivity index (χ0) is 21.3. The lowest BCUT2D eigenvalue weighted by molar-refractivity contribution is 0.0741. The molecule has 0 spiro atoms. The largest absolute Gasteiger partial charge is 0.382 e. The number of hydrogen-bond donors (Lipinski definition) is 2. The number of aromatic amines is 1. The number of rotatable bonds is 4. The van der Waals surface area contributed by atoms with Gasteiger partial charge in [-0.1, -0.05) is 20.8 Å². The number of fused-ring (bicyclic) bond motifs is 1. The smallest absolute Gasteiger partial charge is 0.270 e. The number of hydrogen-bond acceptors (Lipinski definition) is 4. The molecule has 30 heavy (non-hydrogen) atoms. The van der Waals surface area contributed by atoms with Gasteiger partial charge >= 0.3 is 0 Å². The van der Waals surface area contributed by atoms with Crippen molar-refractivity contribution in [3.8, 4) is 0 Å². The first-order valence-electron chi connectivity index (χ1n) is 10.3. The molecular weight excluding hydrogens is 381 g/mol. The second-order valence-corrected chi connectivity index (χ2v) is 8.98. The highest BCUT2D eigenvalue weighted by Crippen LogP contribution is 2.26. The van der Waals surface area contributed by atoms with Crippen LogP contribution < -0.4 is 10.2 Å². The minimum atomic E-state index is -0.305. The first kappa shape index (κ1) is 20.2. The lowest BCUT2D eigenvalue weighted by Gasteiger charge is -2.36. The van der Waals surface area contributed by atoms with E-state index in [0.29, 0.717) is 37.3 Å². The number of H-pyrrole nitrogens is 1. The van der Waals surface area contributed by atoms with Gasteiger partial charge in [-0.05, 0) is 41.8 Å². The first-order chi connectivity index (χ1) is 14.3. The number of aromatic nitrogens is 2. The van der Waals surface area contributed by atoms with Gasteiger partial charge < -0.3 is 20.1 Å². The molecule has 0 unspecified atom stereocenters. The van der Waals surface area contributed by atoms with Crippen molar-refractivity contribution in [3.63, 3.8) is 0 Å². The van der Waals surface area contributed by atoms with Crippen LogP contribution in [0.15, 0.2) is 42.6 Å². The quantitative estimate of drug-likeness (QED) is 0.680. The Morgan fingerprint density at radius 1 is 1.17 bits per heavy atom. The molecule has 1 aromatic carbocycles. The van der Waals surface area contributed by atoms with E-state index in [1.165, 1.54) is 12.1 Å². The fraction of sp³-hybridized carbons (Fsp3) is 0.391. The molecule has 0 atom stereocenters. The maximum Gasteiger partial charge on any atom is 0.270 e. The molecule has 158 valence electrons. The molecule has 3 heterocycles. The summed E-state index contributed by atoms with van der Waals surface area (Å²) in [6.07, 6.45) is 1.80. The van der Waals surface area contributed by atoms with Crippen molar-refractivity contribution in [3.05, 3.63) is 54.1 Å². The maximum atomic E-state index is 13.4. The number of carbonyl (C=O) groups excluding carboxylic acids is 1. The fourth-order valence-corrected chi connectivity index (χ4v) is 3.66. The third kappa shape index (κ3) is 4.40. The molecule has 0 saturated carbocycles. The van der Waals surface area contributed by atoms with E-state index in [-0.39, 0.29) is 17.1 Å². The summed E-state index contributed by atoms with van der Waals surface area (Å²) in [5.74, 6) is 0.564. The topological polar surface area (TPSA) is 64.3 Å². The minimum Gasteiger partial charge on any atom is -0.382 e. The molecule has 3 aromatic rings. The van der Waals surface area contributed by atoms with Gasteiger partial charge in [0.2, 0.25) is 0 Å². The number of benzene rings is 1. The normalized spacial score (nSPS) is 14.9. The molecule has 2 aromatic heterocycles. The van der Waals surface area contributed by atoms with Crippen LogP contribution in [0.3, 0.4) is 0 Å². The van der Waals surface area contributed by atoms with E-state index in [4.69, 9.17) is 0 Å². The van der Waals surface area contributed by atoms with Crippen LogP contribution in [0.25, 0.3) is 10.9 Å².